The summed E-state index contributed by atoms with van der Waals surface area (Å²) < 4.78 is 0. The van der Waals surface area contributed by atoms with E-state index >= 15 is 0 Å². The third-order valence-corrected chi connectivity index (χ3v) is 3.39. The molecule has 1 fully saturated rings. The van der Waals surface area contributed by atoms with Crippen molar-refractivity contribution in [2.24, 2.45) is 11.3 Å². The van der Waals surface area contributed by atoms with Crippen molar-refractivity contribution in [2.75, 3.05) is 19.6 Å². The predicted octanol–water partition coefficient (Wildman–Crippen LogP) is 2.22. The number of nitrogens with zero attached hydrogens (tertiary/aromatic N) is 1. The fourth-order valence-corrected chi connectivity index (χ4v) is 2.13. The molecule has 0 amide bonds. The lowest BCUT2D eigenvalue weighted by Crippen LogP contribution is -2.33. The summed E-state index contributed by atoms with van der Waals surface area (Å²) in [5.74, 6) is -0.926. The quantitative estimate of drug-likeness (QED) is 0.781. The van der Waals surface area contributed by atoms with Crippen molar-refractivity contribution in [1.82, 2.24) is 4.90 Å². The zero-order chi connectivity index (χ0) is 11.5. The Hall–Kier alpha value is -0.570. The summed E-state index contributed by atoms with van der Waals surface area (Å²) in [5.41, 5.74) is 0.432. The standard InChI is InChI=1S/C12H23NO2/c1-10(11(14)15)9-13-7-4-5-12(2,3)6-8-13/h10H,4-9H2,1-3H3,(H,14,15). The molecule has 0 radical (unpaired) electrons. The number of carboxylic acid groups (broad SMARTS) is 1. The molecule has 3 nitrogen and oxygen atoms in total. The molecule has 1 aliphatic heterocycles. The molecule has 0 bridgehead atoms. The summed E-state index contributed by atoms with van der Waals surface area (Å²) in [7, 11) is 0. The Morgan fingerprint density at radius 1 is 1.40 bits per heavy atom. The van der Waals surface area contributed by atoms with E-state index in [0.717, 1.165) is 13.1 Å². The molecule has 1 heterocycles. The lowest BCUT2D eigenvalue weighted by Gasteiger charge is -2.24. The van der Waals surface area contributed by atoms with Crippen LogP contribution in [0.3, 0.4) is 0 Å². The van der Waals surface area contributed by atoms with Crippen molar-refractivity contribution in [3.05, 3.63) is 0 Å². The summed E-state index contributed by atoms with van der Waals surface area (Å²) in [6, 6.07) is 0. The highest BCUT2D eigenvalue weighted by atomic mass is 16.4. The number of carboxylic acids is 1. The van der Waals surface area contributed by atoms with E-state index in [0.29, 0.717) is 12.0 Å². The van der Waals surface area contributed by atoms with E-state index in [-0.39, 0.29) is 5.92 Å². The molecule has 0 aromatic carbocycles. The largest absolute Gasteiger partial charge is 0.481 e. The molecule has 1 rings (SSSR count). The van der Waals surface area contributed by atoms with Gasteiger partial charge in [-0.3, -0.25) is 4.79 Å². The summed E-state index contributed by atoms with van der Waals surface area (Å²) >= 11 is 0. The second-order valence-electron chi connectivity index (χ2n) is 5.56. The molecule has 3 heteroatoms. The summed E-state index contributed by atoms with van der Waals surface area (Å²) in [5, 5.41) is 8.86. The fraction of sp³-hybridized carbons (Fsp3) is 0.917. The lowest BCUT2D eigenvalue weighted by molar-refractivity contribution is -0.141. The van der Waals surface area contributed by atoms with Gasteiger partial charge in [0.25, 0.3) is 0 Å². The Balaban J connectivity index is 2.41. The number of rotatable bonds is 3. The van der Waals surface area contributed by atoms with Gasteiger partial charge in [-0.25, -0.2) is 0 Å². The number of likely N-dealkylation sites (tertiary alicyclic amines) is 1. The highest BCUT2D eigenvalue weighted by molar-refractivity contribution is 5.69. The van der Waals surface area contributed by atoms with E-state index < -0.39 is 5.97 Å². The predicted molar refractivity (Wildman–Crippen MR) is 60.9 cm³/mol. The first kappa shape index (κ1) is 12.5. The molecule has 0 aromatic heterocycles. The topological polar surface area (TPSA) is 40.5 Å². The average molecular weight is 213 g/mol. The van der Waals surface area contributed by atoms with E-state index in [2.05, 4.69) is 18.7 Å². The minimum absolute atomic E-state index is 0.244. The molecule has 0 aromatic rings. The van der Waals surface area contributed by atoms with E-state index in [1.54, 1.807) is 6.92 Å². The highest BCUT2D eigenvalue weighted by Crippen LogP contribution is 2.29. The molecule has 15 heavy (non-hydrogen) atoms. The summed E-state index contributed by atoms with van der Waals surface area (Å²) in [4.78, 5) is 13.1. The van der Waals surface area contributed by atoms with Crippen molar-refractivity contribution in [2.45, 2.75) is 40.0 Å². The summed E-state index contributed by atoms with van der Waals surface area (Å²) in [6.07, 6.45) is 3.63. The molecule has 1 unspecified atom stereocenters. The van der Waals surface area contributed by atoms with Gasteiger partial charge >= 0.3 is 5.97 Å². The van der Waals surface area contributed by atoms with Crippen LogP contribution in [0.5, 0.6) is 0 Å². The molecule has 1 N–H and O–H groups in total. The number of carbonyl (C=O) groups is 1. The summed E-state index contributed by atoms with van der Waals surface area (Å²) in [6.45, 7) is 9.20. The van der Waals surface area contributed by atoms with Crippen LogP contribution in [0.25, 0.3) is 0 Å². The van der Waals surface area contributed by atoms with Gasteiger partial charge in [0.15, 0.2) is 0 Å². The van der Waals surface area contributed by atoms with Crippen LogP contribution in [0.4, 0.5) is 0 Å². The van der Waals surface area contributed by atoms with Crippen LogP contribution in [0.1, 0.15) is 40.0 Å². The molecular formula is C12H23NO2. The van der Waals surface area contributed by atoms with Gasteiger partial charge in [-0.15, -0.1) is 0 Å². The van der Waals surface area contributed by atoms with Gasteiger partial charge < -0.3 is 10.0 Å². The SMILES string of the molecule is CC(CN1CCCC(C)(C)CC1)C(=O)O. The van der Waals surface area contributed by atoms with Gasteiger partial charge in [0, 0.05) is 6.54 Å². The Morgan fingerprint density at radius 3 is 2.67 bits per heavy atom. The fourth-order valence-electron chi connectivity index (χ4n) is 2.13. The van der Waals surface area contributed by atoms with Crippen LogP contribution < -0.4 is 0 Å². The second kappa shape index (κ2) is 4.97. The molecule has 88 valence electrons. The monoisotopic (exact) mass is 213 g/mol. The van der Waals surface area contributed by atoms with Crippen LogP contribution in [-0.2, 0) is 4.79 Å². The van der Waals surface area contributed by atoms with Crippen LogP contribution in [0.2, 0.25) is 0 Å². The molecule has 0 saturated carbocycles. The van der Waals surface area contributed by atoms with E-state index in [4.69, 9.17) is 5.11 Å². The molecule has 0 aliphatic carbocycles. The second-order valence-corrected chi connectivity index (χ2v) is 5.56. The number of hydrogen-bond donors (Lipinski definition) is 1. The minimum Gasteiger partial charge on any atom is -0.481 e. The maximum atomic E-state index is 10.8. The zero-order valence-corrected chi connectivity index (χ0v) is 10.1. The maximum Gasteiger partial charge on any atom is 0.307 e. The van der Waals surface area contributed by atoms with E-state index in [1.807, 2.05) is 0 Å². The lowest BCUT2D eigenvalue weighted by atomic mass is 9.85. The normalized spacial score (nSPS) is 24.5. The average Bonchev–Trinajstić information content (AvgIpc) is 2.28. The van der Waals surface area contributed by atoms with Gasteiger partial charge in [-0.05, 0) is 37.8 Å². The number of aliphatic carboxylic acids is 1. The highest BCUT2D eigenvalue weighted by Gasteiger charge is 2.24. The van der Waals surface area contributed by atoms with Gasteiger partial charge in [0.2, 0.25) is 0 Å². The van der Waals surface area contributed by atoms with Gasteiger partial charge in [0.05, 0.1) is 5.92 Å². The van der Waals surface area contributed by atoms with Crippen molar-refractivity contribution >= 4 is 5.97 Å². The van der Waals surface area contributed by atoms with Gasteiger partial charge in [-0.2, -0.15) is 0 Å². The van der Waals surface area contributed by atoms with Gasteiger partial charge in [-0.1, -0.05) is 20.8 Å². The van der Waals surface area contributed by atoms with Crippen LogP contribution in [0, 0.1) is 11.3 Å². The smallest absolute Gasteiger partial charge is 0.307 e. The minimum atomic E-state index is -0.682. The molecule has 0 spiro atoms. The van der Waals surface area contributed by atoms with E-state index in [1.165, 1.54) is 19.3 Å². The van der Waals surface area contributed by atoms with Crippen molar-refractivity contribution in [3.63, 3.8) is 0 Å². The molecule has 1 aliphatic rings. The first-order chi connectivity index (χ1) is 6.91. The Kier molecular flexibility index (Phi) is 4.14. The van der Waals surface area contributed by atoms with E-state index in [9.17, 15) is 4.79 Å². The molecular weight excluding hydrogens is 190 g/mol. The van der Waals surface area contributed by atoms with Crippen molar-refractivity contribution in [1.29, 1.82) is 0 Å². The van der Waals surface area contributed by atoms with Crippen LogP contribution in [0.15, 0.2) is 0 Å². The Labute approximate surface area is 92.5 Å². The maximum absolute atomic E-state index is 10.8. The van der Waals surface area contributed by atoms with Crippen LogP contribution >= 0.6 is 0 Å². The Morgan fingerprint density at radius 2 is 2.07 bits per heavy atom. The Bertz CT molecular complexity index is 226. The zero-order valence-electron chi connectivity index (χ0n) is 10.1. The first-order valence-electron chi connectivity index (χ1n) is 5.86. The third kappa shape index (κ3) is 4.20. The van der Waals surface area contributed by atoms with Crippen molar-refractivity contribution < 1.29 is 9.90 Å². The molecule has 1 atom stereocenters. The third-order valence-electron chi connectivity index (χ3n) is 3.39. The first-order valence-corrected chi connectivity index (χ1v) is 5.86. The van der Waals surface area contributed by atoms with Crippen molar-refractivity contribution in [3.8, 4) is 0 Å². The van der Waals surface area contributed by atoms with Crippen LogP contribution in [-0.4, -0.2) is 35.6 Å². The number of hydrogen-bond acceptors (Lipinski definition) is 2. The molecule has 1 saturated heterocycles. The van der Waals surface area contributed by atoms with Gasteiger partial charge in [0.1, 0.15) is 0 Å².